The van der Waals surface area contributed by atoms with Crippen molar-refractivity contribution in [1.29, 1.82) is 0 Å². The van der Waals surface area contributed by atoms with Gasteiger partial charge in [-0.05, 0) is 23.4 Å². The van der Waals surface area contributed by atoms with E-state index in [0.717, 1.165) is 0 Å². The highest BCUT2D eigenvalue weighted by molar-refractivity contribution is 5.89. The minimum Gasteiger partial charge on any atom is -0.463 e. The number of ether oxygens (including phenoxy) is 2. The van der Waals surface area contributed by atoms with Crippen molar-refractivity contribution in [3.8, 4) is 0 Å². The minimum atomic E-state index is -0.590. The van der Waals surface area contributed by atoms with E-state index in [0.29, 0.717) is 0 Å². The lowest BCUT2D eigenvalue weighted by atomic mass is 9.78. The molecule has 1 saturated heterocycles. The summed E-state index contributed by atoms with van der Waals surface area (Å²) in [4.78, 5) is 37.3. The van der Waals surface area contributed by atoms with E-state index in [1.807, 2.05) is 13.8 Å². The average molecular weight is 352 g/mol. The van der Waals surface area contributed by atoms with Gasteiger partial charge in [0, 0.05) is 18.3 Å². The summed E-state index contributed by atoms with van der Waals surface area (Å²) in [5.74, 6) is -1.15. The van der Waals surface area contributed by atoms with Gasteiger partial charge in [-0.3, -0.25) is 14.4 Å². The van der Waals surface area contributed by atoms with Gasteiger partial charge in [-0.1, -0.05) is 25.5 Å². The number of allylic oxidation sites excluding steroid dienone is 1. The number of carbonyl (C=O) groups is 3. The third kappa shape index (κ3) is 6.21. The lowest BCUT2D eigenvalue weighted by molar-refractivity contribution is -0.167. The molecule has 0 bridgehead atoms. The Kier molecular flexibility index (Phi) is 8.10. The first-order valence-electron chi connectivity index (χ1n) is 8.04. The van der Waals surface area contributed by atoms with Crippen molar-refractivity contribution in [2.24, 2.45) is 17.0 Å². The molecular weight excluding hydrogens is 328 g/mol. The van der Waals surface area contributed by atoms with Gasteiger partial charge >= 0.3 is 5.97 Å². The van der Waals surface area contributed by atoms with E-state index >= 15 is 0 Å². The zero-order chi connectivity index (χ0) is 19.0. The first kappa shape index (κ1) is 20.7. The van der Waals surface area contributed by atoms with Crippen LogP contribution in [0.2, 0.25) is 0 Å². The molecule has 0 spiro atoms. The fourth-order valence-electron chi connectivity index (χ4n) is 2.84. The number of esters is 1. The summed E-state index contributed by atoms with van der Waals surface area (Å²) in [5, 5.41) is 6.01. The molecule has 9 heteroatoms. The second-order valence-corrected chi connectivity index (χ2v) is 6.09. The molecule has 2 unspecified atom stereocenters. The zero-order valence-electron chi connectivity index (χ0n) is 14.7. The highest BCUT2D eigenvalue weighted by atomic mass is 16.6. The normalized spacial score (nSPS) is 28.4. The summed E-state index contributed by atoms with van der Waals surface area (Å²) >= 11 is 0. The number of ketones is 1. The van der Waals surface area contributed by atoms with Crippen LogP contribution in [-0.2, 0) is 23.9 Å². The van der Waals surface area contributed by atoms with Gasteiger partial charge in [-0.25, -0.2) is 0 Å². The van der Waals surface area contributed by atoms with E-state index in [2.05, 4.69) is 21.9 Å². The minimum absolute atomic E-state index is 0.0285. The maximum absolute atomic E-state index is 11.9. The van der Waals surface area contributed by atoms with Gasteiger partial charge < -0.3 is 14.8 Å². The number of amides is 1. The highest BCUT2D eigenvalue weighted by Gasteiger charge is 2.42. The Morgan fingerprint density at radius 2 is 2.00 bits per heavy atom. The number of hydrogen-bond donors (Lipinski definition) is 1. The van der Waals surface area contributed by atoms with Crippen LogP contribution in [0.4, 0.5) is 0 Å². The summed E-state index contributed by atoms with van der Waals surface area (Å²) in [6.45, 7) is 8.37. The SMILES string of the molecule is C=CC(=O)C[C@@H]1OC(COC(C)=O)[C@@H](C)[C@H](C)C1NC(=O)CN=[N+]=[N-]. The molecule has 1 fully saturated rings. The zero-order valence-corrected chi connectivity index (χ0v) is 14.7. The van der Waals surface area contributed by atoms with Crippen molar-refractivity contribution in [1.82, 2.24) is 5.32 Å². The van der Waals surface area contributed by atoms with Gasteiger partial charge in [0.25, 0.3) is 0 Å². The Morgan fingerprint density at radius 1 is 1.32 bits per heavy atom. The van der Waals surface area contributed by atoms with E-state index in [1.165, 1.54) is 13.0 Å². The van der Waals surface area contributed by atoms with Gasteiger partial charge in [0.15, 0.2) is 5.78 Å². The Bertz CT molecular complexity index is 573. The Balaban J connectivity index is 2.92. The molecule has 0 aromatic heterocycles. The molecule has 0 aliphatic carbocycles. The highest BCUT2D eigenvalue weighted by Crippen LogP contribution is 2.32. The summed E-state index contributed by atoms with van der Waals surface area (Å²) in [6.07, 6.45) is 0.273. The molecule has 0 radical (unpaired) electrons. The topological polar surface area (TPSA) is 130 Å². The maximum atomic E-state index is 11.9. The fraction of sp³-hybridized carbons (Fsp3) is 0.688. The van der Waals surface area contributed by atoms with Gasteiger partial charge in [0.2, 0.25) is 5.91 Å². The summed E-state index contributed by atoms with van der Waals surface area (Å²) < 4.78 is 11.0. The number of azide groups is 1. The Labute approximate surface area is 146 Å². The molecule has 9 nitrogen and oxygen atoms in total. The van der Waals surface area contributed by atoms with Crippen molar-refractivity contribution < 1.29 is 23.9 Å². The monoisotopic (exact) mass is 352 g/mol. The van der Waals surface area contributed by atoms with E-state index in [4.69, 9.17) is 15.0 Å². The van der Waals surface area contributed by atoms with Crippen LogP contribution in [0, 0.1) is 11.8 Å². The van der Waals surface area contributed by atoms with Crippen molar-refractivity contribution in [3.63, 3.8) is 0 Å². The molecule has 138 valence electrons. The van der Waals surface area contributed by atoms with Crippen LogP contribution in [0.5, 0.6) is 0 Å². The number of hydrogen-bond acceptors (Lipinski definition) is 6. The largest absolute Gasteiger partial charge is 0.463 e. The first-order chi connectivity index (χ1) is 11.8. The summed E-state index contributed by atoms with van der Waals surface area (Å²) in [5.41, 5.74) is 8.31. The number of nitrogens with zero attached hydrogens (tertiary/aromatic N) is 3. The van der Waals surface area contributed by atoms with Gasteiger partial charge in [0.1, 0.15) is 13.2 Å². The maximum Gasteiger partial charge on any atom is 0.302 e. The molecule has 1 amide bonds. The van der Waals surface area contributed by atoms with Crippen molar-refractivity contribution >= 4 is 17.7 Å². The molecule has 0 aromatic carbocycles. The van der Waals surface area contributed by atoms with Crippen LogP contribution in [0.3, 0.4) is 0 Å². The molecule has 25 heavy (non-hydrogen) atoms. The first-order valence-corrected chi connectivity index (χ1v) is 8.04. The number of nitrogens with one attached hydrogen (secondary N) is 1. The lowest BCUT2D eigenvalue weighted by Gasteiger charge is -2.44. The van der Waals surface area contributed by atoms with Crippen molar-refractivity contribution in [2.75, 3.05) is 13.2 Å². The van der Waals surface area contributed by atoms with Crippen molar-refractivity contribution in [3.05, 3.63) is 23.1 Å². The molecule has 1 heterocycles. The quantitative estimate of drug-likeness (QED) is 0.233. The van der Waals surface area contributed by atoms with Crippen LogP contribution in [-0.4, -0.2) is 49.1 Å². The number of rotatable bonds is 8. The molecule has 1 aliphatic rings. The van der Waals surface area contributed by atoms with E-state index in [-0.39, 0.29) is 43.3 Å². The molecule has 0 aromatic rings. The lowest BCUT2D eigenvalue weighted by Crippen LogP contribution is -2.58. The molecule has 0 saturated carbocycles. The summed E-state index contributed by atoms with van der Waals surface area (Å²) in [6, 6.07) is -0.436. The second kappa shape index (κ2) is 9.80. The Hall–Kier alpha value is -2.38. The van der Waals surface area contributed by atoms with Crippen LogP contribution in [0.25, 0.3) is 10.4 Å². The van der Waals surface area contributed by atoms with Crippen molar-refractivity contribution in [2.45, 2.75) is 45.4 Å². The van der Waals surface area contributed by atoms with E-state index in [1.54, 1.807) is 0 Å². The van der Waals surface area contributed by atoms with E-state index < -0.39 is 24.0 Å². The smallest absolute Gasteiger partial charge is 0.302 e. The average Bonchev–Trinajstić information content (AvgIpc) is 2.57. The van der Waals surface area contributed by atoms with Gasteiger partial charge in [-0.2, -0.15) is 0 Å². The molecular formula is C16H24N4O5. The van der Waals surface area contributed by atoms with Crippen LogP contribution >= 0.6 is 0 Å². The van der Waals surface area contributed by atoms with E-state index in [9.17, 15) is 14.4 Å². The second-order valence-electron chi connectivity index (χ2n) is 6.09. The third-order valence-corrected chi connectivity index (χ3v) is 4.42. The standard InChI is InChI=1S/C16H24N4O5/c1-5-12(22)6-13-16(19-15(23)7-18-20-17)10(3)9(2)14(25-13)8-24-11(4)21/h5,9-10,13-14,16H,1,6-8H2,2-4H3,(H,19,23)/t9-,10-,13-,14?,16?/m0/s1. The Morgan fingerprint density at radius 3 is 2.56 bits per heavy atom. The third-order valence-electron chi connectivity index (χ3n) is 4.42. The van der Waals surface area contributed by atoms with Crippen LogP contribution in [0.15, 0.2) is 17.8 Å². The predicted octanol–water partition coefficient (Wildman–Crippen LogP) is 1.53. The summed E-state index contributed by atoms with van der Waals surface area (Å²) in [7, 11) is 0. The fourth-order valence-corrected chi connectivity index (χ4v) is 2.84. The van der Waals surface area contributed by atoms with Gasteiger partial charge in [-0.15, -0.1) is 0 Å². The molecule has 5 atom stereocenters. The molecule has 1 aliphatic heterocycles. The molecule has 1 rings (SSSR count). The van der Waals surface area contributed by atoms with Crippen LogP contribution in [0.1, 0.15) is 27.2 Å². The number of carbonyl (C=O) groups excluding carboxylic acids is 3. The predicted molar refractivity (Wildman–Crippen MR) is 89.4 cm³/mol. The van der Waals surface area contributed by atoms with Crippen LogP contribution < -0.4 is 5.32 Å². The molecule has 1 N–H and O–H groups in total. The van der Waals surface area contributed by atoms with Gasteiger partial charge in [0.05, 0.1) is 18.2 Å².